The van der Waals surface area contributed by atoms with Crippen molar-refractivity contribution in [1.29, 1.82) is 0 Å². The maximum absolute atomic E-state index is 5.14. The van der Waals surface area contributed by atoms with E-state index in [4.69, 9.17) is 4.99 Å². The average molecular weight is 350 g/mol. The summed E-state index contributed by atoms with van der Waals surface area (Å²) in [6.45, 7) is 11.0. The predicted octanol–water partition coefficient (Wildman–Crippen LogP) is 5.35. The van der Waals surface area contributed by atoms with Crippen LogP contribution in [0.3, 0.4) is 0 Å². The van der Waals surface area contributed by atoms with Crippen LogP contribution >= 0.6 is 0 Å². The van der Waals surface area contributed by atoms with Gasteiger partial charge in [-0.15, -0.1) is 0 Å². The molecule has 0 saturated carbocycles. The Bertz CT molecular complexity index is 744. The lowest BCUT2D eigenvalue weighted by atomic mass is 10.0. The van der Waals surface area contributed by atoms with Crippen molar-refractivity contribution in [3.05, 3.63) is 58.7 Å². The van der Waals surface area contributed by atoms with E-state index in [-0.39, 0.29) is 0 Å². The molecule has 26 heavy (non-hydrogen) atoms. The first kappa shape index (κ1) is 18.5. The minimum atomic E-state index is 0.996. The molecule has 2 aromatic carbocycles. The fourth-order valence-corrected chi connectivity index (χ4v) is 3.42. The van der Waals surface area contributed by atoms with Gasteiger partial charge in [-0.2, -0.15) is 0 Å². The van der Waals surface area contributed by atoms with E-state index >= 15 is 0 Å². The summed E-state index contributed by atoms with van der Waals surface area (Å²) in [5.74, 6) is 0.996. The third kappa shape index (κ3) is 3.92. The molecule has 0 unspecified atom stereocenters. The summed E-state index contributed by atoms with van der Waals surface area (Å²) in [4.78, 5) is 7.46. The maximum Gasteiger partial charge on any atom is 0.203 e. The number of benzene rings is 2. The zero-order chi connectivity index (χ0) is 18.5. The number of aryl methyl sites for hydroxylation is 4. The first-order valence-electron chi connectivity index (χ1n) is 10.0. The largest absolute Gasteiger partial charge is 0.339 e. The number of nitrogens with one attached hydrogen (secondary N) is 1. The molecule has 3 rings (SSSR count). The summed E-state index contributed by atoms with van der Waals surface area (Å²) in [6.07, 6.45) is 4.06. The van der Waals surface area contributed by atoms with Crippen molar-refractivity contribution in [2.45, 2.75) is 53.4 Å². The predicted molar refractivity (Wildman–Crippen MR) is 113 cm³/mol. The van der Waals surface area contributed by atoms with E-state index in [2.05, 4.69) is 74.3 Å². The Kier molecular flexibility index (Phi) is 5.97. The second kappa shape index (κ2) is 8.39. The first-order chi connectivity index (χ1) is 12.7. The third-order valence-electron chi connectivity index (χ3n) is 5.17. The van der Waals surface area contributed by atoms with Crippen LogP contribution in [0.1, 0.15) is 49.9 Å². The van der Waals surface area contributed by atoms with E-state index in [0.29, 0.717) is 0 Å². The smallest absolute Gasteiger partial charge is 0.203 e. The van der Waals surface area contributed by atoms with Gasteiger partial charge in [0.15, 0.2) is 0 Å². The molecule has 3 nitrogen and oxygen atoms in total. The van der Waals surface area contributed by atoms with Crippen molar-refractivity contribution in [3.63, 3.8) is 0 Å². The molecule has 0 bridgehead atoms. The number of hydrogen-bond acceptors (Lipinski definition) is 1. The average Bonchev–Trinajstić information content (AvgIpc) is 3.52. The summed E-state index contributed by atoms with van der Waals surface area (Å²) < 4.78 is 0. The third-order valence-corrected chi connectivity index (χ3v) is 5.17. The van der Waals surface area contributed by atoms with E-state index < -0.39 is 0 Å². The van der Waals surface area contributed by atoms with Crippen LogP contribution in [0.5, 0.6) is 0 Å². The molecule has 3 heteroatoms. The van der Waals surface area contributed by atoms with E-state index in [1.54, 1.807) is 0 Å². The molecule has 0 radical (unpaired) electrons. The van der Waals surface area contributed by atoms with Crippen molar-refractivity contribution >= 4 is 17.3 Å². The molecule has 1 saturated heterocycles. The SMILES string of the molecule is CCc1cccc(CC)c1N=C(Nc1c(CC)cccc1CC)N1CC1. The minimum Gasteiger partial charge on any atom is -0.339 e. The number of aliphatic imine (C=N–C) groups is 1. The van der Waals surface area contributed by atoms with Gasteiger partial charge >= 0.3 is 0 Å². The van der Waals surface area contributed by atoms with Crippen LogP contribution in [-0.4, -0.2) is 23.9 Å². The summed E-state index contributed by atoms with van der Waals surface area (Å²) >= 11 is 0. The van der Waals surface area contributed by atoms with Crippen molar-refractivity contribution in [2.24, 2.45) is 4.99 Å². The Labute approximate surface area is 158 Å². The second-order valence-electron chi connectivity index (χ2n) is 6.84. The Balaban J connectivity index is 2.04. The number of hydrogen-bond donors (Lipinski definition) is 1. The summed E-state index contributed by atoms with van der Waals surface area (Å²) in [7, 11) is 0. The van der Waals surface area contributed by atoms with E-state index in [9.17, 15) is 0 Å². The highest BCUT2D eigenvalue weighted by atomic mass is 15.4. The lowest BCUT2D eigenvalue weighted by Crippen LogP contribution is -2.23. The fourth-order valence-electron chi connectivity index (χ4n) is 3.42. The van der Waals surface area contributed by atoms with Crippen LogP contribution in [-0.2, 0) is 25.7 Å². The monoisotopic (exact) mass is 349 g/mol. The molecule has 1 aliphatic rings. The molecule has 1 aliphatic heterocycles. The van der Waals surface area contributed by atoms with E-state index in [0.717, 1.165) is 50.4 Å². The highest BCUT2D eigenvalue weighted by molar-refractivity contribution is 5.98. The molecule has 138 valence electrons. The number of rotatable bonds is 6. The number of anilines is 1. The fraction of sp³-hybridized carbons (Fsp3) is 0.435. The molecule has 2 aromatic rings. The molecule has 1 heterocycles. The highest BCUT2D eigenvalue weighted by Gasteiger charge is 2.24. The molecule has 1 fully saturated rings. The van der Waals surface area contributed by atoms with Gasteiger partial charge in [0.2, 0.25) is 5.96 Å². The molecule has 0 aliphatic carbocycles. The van der Waals surface area contributed by atoms with E-state index in [1.165, 1.54) is 27.9 Å². The van der Waals surface area contributed by atoms with Crippen molar-refractivity contribution in [2.75, 3.05) is 18.4 Å². The van der Waals surface area contributed by atoms with Crippen molar-refractivity contribution < 1.29 is 0 Å². The van der Waals surface area contributed by atoms with Crippen LogP contribution in [0.25, 0.3) is 0 Å². The second-order valence-corrected chi connectivity index (χ2v) is 6.84. The Morgan fingerprint density at radius 3 is 1.69 bits per heavy atom. The van der Waals surface area contributed by atoms with Gasteiger partial charge in [0.05, 0.1) is 5.69 Å². The lowest BCUT2D eigenvalue weighted by molar-refractivity contribution is 0.837. The minimum absolute atomic E-state index is 0.996. The quantitative estimate of drug-likeness (QED) is 0.432. The highest BCUT2D eigenvalue weighted by Crippen LogP contribution is 2.29. The summed E-state index contributed by atoms with van der Waals surface area (Å²) in [5.41, 5.74) is 7.76. The Hall–Kier alpha value is -2.29. The van der Waals surface area contributed by atoms with Gasteiger partial charge in [-0.25, -0.2) is 4.99 Å². The topological polar surface area (TPSA) is 27.4 Å². The number of guanidine groups is 1. The van der Waals surface area contributed by atoms with Gasteiger partial charge in [0.1, 0.15) is 0 Å². The summed E-state index contributed by atoms with van der Waals surface area (Å²) in [5, 5.41) is 3.71. The van der Waals surface area contributed by atoms with Gasteiger partial charge in [0.25, 0.3) is 0 Å². The maximum atomic E-state index is 5.14. The van der Waals surface area contributed by atoms with Gasteiger partial charge in [0, 0.05) is 18.8 Å². The van der Waals surface area contributed by atoms with Gasteiger partial charge in [-0.3, -0.25) is 0 Å². The summed E-state index contributed by atoms with van der Waals surface area (Å²) in [6, 6.07) is 13.2. The zero-order valence-corrected chi connectivity index (χ0v) is 16.6. The van der Waals surface area contributed by atoms with Crippen molar-refractivity contribution in [1.82, 2.24) is 4.90 Å². The number of nitrogens with zero attached hydrogens (tertiary/aromatic N) is 2. The molecule has 1 N–H and O–H groups in total. The molecule has 0 atom stereocenters. The molecule has 0 aromatic heterocycles. The van der Waals surface area contributed by atoms with E-state index in [1.807, 2.05) is 0 Å². The van der Waals surface area contributed by atoms with Crippen LogP contribution in [0, 0.1) is 0 Å². The van der Waals surface area contributed by atoms with Crippen LogP contribution < -0.4 is 5.32 Å². The number of para-hydroxylation sites is 2. The zero-order valence-electron chi connectivity index (χ0n) is 16.6. The molecule has 0 amide bonds. The standard InChI is InChI=1S/C23H31N3/c1-5-17-11-9-12-18(6-2)21(17)24-23(26-15-16-26)25-22-19(7-3)13-10-14-20(22)8-4/h9-14H,5-8,15-16H2,1-4H3,(H,24,25). The van der Waals surface area contributed by atoms with Gasteiger partial charge in [-0.05, 0) is 47.9 Å². The first-order valence-corrected chi connectivity index (χ1v) is 10.0. The Morgan fingerprint density at radius 2 is 1.27 bits per heavy atom. The molecular formula is C23H31N3. The van der Waals surface area contributed by atoms with Crippen molar-refractivity contribution in [3.8, 4) is 0 Å². The molecule has 0 spiro atoms. The lowest BCUT2D eigenvalue weighted by Gasteiger charge is -2.19. The van der Waals surface area contributed by atoms with Crippen LogP contribution in [0.15, 0.2) is 41.4 Å². The van der Waals surface area contributed by atoms with Gasteiger partial charge < -0.3 is 10.2 Å². The molecular weight excluding hydrogens is 318 g/mol. The Morgan fingerprint density at radius 1 is 0.808 bits per heavy atom. The van der Waals surface area contributed by atoms with Crippen LogP contribution in [0.4, 0.5) is 11.4 Å². The van der Waals surface area contributed by atoms with Gasteiger partial charge in [-0.1, -0.05) is 64.1 Å². The normalized spacial score (nSPS) is 13.8. The van der Waals surface area contributed by atoms with Crippen LogP contribution in [0.2, 0.25) is 0 Å².